The van der Waals surface area contributed by atoms with Gasteiger partial charge in [0.15, 0.2) is 0 Å². The first-order valence-electron chi connectivity index (χ1n) is 8.89. The molecule has 4 N–H and O–H groups in total. The van der Waals surface area contributed by atoms with E-state index in [4.69, 9.17) is 10.5 Å². The molecule has 0 aliphatic rings. The van der Waals surface area contributed by atoms with Crippen molar-refractivity contribution < 1.29 is 9.53 Å². The Labute approximate surface area is 163 Å². The van der Waals surface area contributed by atoms with Crippen molar-refractivity contribution in [3.63, 3.8) is 0 Å². The summed E-state index contributed by atoms with van der Waals surface area (Å²) in [6.45, 7) is 3.92. The monoisotopic (exact) mass is 383 g/mol. The maximum Gasteiger partial charge on any atom is 0.316 e. The lowest BCUT2D eigenvalue weighted by atomic mass is 10.2. The van der Waals surface area contributed by atoms with Crippen LogP contribution >= 0.6 is 0 Å². The van der Waals surface area contributed by atoms with E-state index >= 15 is 0 Å². The van der Waals surface area contributed by atoms with Crippen LogP contribution in [0.3, 0.4) is 0 Å². The average molecular weight is 383 g/mol. The lowest BCUT2D eigenvalue weighted by Crippen LogP contribution is -2.18. The van der Waals surface area contributed by atoms with Crippen molar-refractivity contribution in [2.45, 2.75) is 13.5 Å². The van der Waals surface area contributed by atoms with E-state index in [0.717, 1.165) is 22.4 Å². The van der Waals surface area contributed by atoms with Gasteiger partial charge in [0, 0.05) is 49.6 Å². The van der Waals surface area contributed by atoms with Crippen LogP contribution < -0.4 is 21.9 Å². The Balaban J connectivity index is 0.000000237. The third-order valence-corrected chi connectivity index (χ3v) is 3.84. The zero-order valence-electron chi connectivity index (χ0n) is 16.0. The van der Waals surface area contributed by atoms with E-state index in [-0.39, 0.29) is 5.56 Å². The van der Waals surface area contributed by atoms with Crippen molar-refractivity contribution in [1.82, 2.24) is 9.55 Å². The van der Waals surface area contributed by atoms with Crippen LogP contribution in [0.15, 0.2) is 59.5 Å². The van der Waals surface area contributed by atoms with Gasteiger partial charge in [-0.2, -0.15) is 0 Å². The lowest BCUT2D eigenvalue weighted by molar-refractivity contribution is 0.210. The zero-order chi connectivity index (χ0) is 20.4. The number of hydrogen-bond acceptors (Lipinski definition) is 5. The average Bonchev–Trinajstić information content (AvgIpc) is 2.69. The Morgan fingerprint density at radius 1 is 1.21 bits per heavy atom. The predicted molar refractivity (Wildman–Crippen MR) is 112 cm³/mol. The van der Waals surface area contributed by atoms with Crippen molar-refractivity contribution in [3.05, 3.63) is 65.1 Å². The molecule has 8 nitrogen and oxygen atoms in total. The van der Waals surface area contributed by atoms with E-state index in [1.54, 1.807) is 42.1 Å². The van der Waals surface area contributed by atoms with Crippen LogP contribution in [0.1, 0.15) is 6.92 Å². The van der Waals surface area contributed by atoms with Gasteiger partial charge in [0.05, 0.1) is 12.1 Å². The number of para-hydroxylation sites is 1. The highest BCUT2D eigenvalue weighted by Crippen LogP contribution is 2.14. The van der Waals surface area contributed by atoms with E-state index in [1.807, 2.05) is 31.2 Å². The van der Waals surface area contributed by atoms with Gasteiger partial charge in [0.1, 0.15) is 5.82 Å². The number of nitrogens with two attached hydrogens (primary N) is 1. The van der Waals surface area contributed by atoms with Crippen LogP contribution in [-0.4, -0.2) is 35.8 Å². The molecule has 0 aliphatic heterocycles. The van der Waals surface area contributed by atoms with Gasteiger partial charge in [-0.3, -0.25) is 4.79 Å². The Hall–Kier alpha value is -3.39. The molecule has 8 heteroatoms. The number of aromatic nitrogens is 2. The van der Waals surface area contributed by atoms with Crippen molar-refractivity contribution in [2.24, 2.45) is 5.73 Å². The Morgan fingerprint density at radius 2 is 1.96 bits per heavy atom. The number of aryl methyl sites for hydroxylation is 1. The summed E-state index contributed by atoms with van der Waals surface area (Å²) in [4.78, 5) is 26.3. The highest BCUT2D eigenvalue weighted by molar-refractivity contribution is 5.87. The minimum atomic E-state index is -0.536. The third kappa shape index (κ3) is 6.10. The van der Waals surface area contributed by atoms with Crippen LogP contribution in [-0.2, 0) is 11.3 Å². The van der Waals surface area contributed by atoms with Crippen molar-refractivity contribution in [3.8, 4) is 0 Å². The maximum absolute atomic E-state index is 11.7. The van der Waals surface area contributed by atoms with E-state index < -0.39 is 6.03 Å². The van der Waals surface area contributed by atoms with Crippen molar-refractivity contribution >= 4 is 28.4 Å². The van der Waals surface area contributed by atoms with Gasteiger partial charge in [-0.05, 0) is 25.1 Å². The summed E-state index contributed by atoms with van der Waals surface area (Å²) in [5, 5.41) is 6.57. The normalized spacial score (nSPS) is 10.1. The SMILES string of the molecule is CCn1c(=O)ccc2cnc(NCCOC)cc21.NC(=O)Nc1ccccc1. The second-order valence-corrected chi connectivity index (χ2v) is 5.82. The number of carbonyl (C=O) groups is 1. The number of amides is 2. The minimum Gasteiger partial charge on any atom is -0.383 e. The molecule has 0 saturated heterocycles. The molecule has 0 bridgehead atoms. The van der Waals surface area contributed by atoms with E-state index in [9.17, 15) is 9.59 Å². The van der Waals surface area contributed by atoms with Gasteiger partial charge in [0.2, 0.25) is 0 Å². The molecule has 2 aromatic heterocycles. The number of nitrogens with zero attached hydrogens (tertiary/aromatic N) is 2. The number of hydrogen-bond donors (Lipinski definition) is 3. The van der Waals surface area contributed by atoms with E-state index in [2.05, 4.69) is 15.6 Å². The fourth-order valence-electron chi connectivity index (χ4n) is 2.56. The fraction of sp³-hybridized carbons (Fsp3) is 0.250. The molecular formula is C20H25N5O3. The molecule has 3 aromatic rings. The number of urea groups is 1. The number of pyridine rings is 2. The lowest BCUT2D eigenvalue weighted by Gasteiger charge is -2.10. The highest BCUT2D eigenvalue weighted by atomic mass is 16.5. The summed E-state index contributed by atoms with van der Waals surface area (Å²) in [6, 6.07) is 13.8. The second kappa shape index (κ2) is 10.7. The van der Waals surface area contributed by atoms with Gasteiger partial charge >= 0.3 is 6.03 Å². The van der Waals surface area contributed by atoms with Crippen LogP contribution in [0.4, 0.5) is 16.3 Å². The molecule has 0 aliphatic carbocycles. The molecule has 2 amide bonds. The molecule has 148 valence electrons. The van der Waals surface area contributed by atoms with Crippen LogP contribution in [0, 0.1) is 0 Å². The number of carbonyl (C=O) groups excluding carboxylic acids is 1. The first kappa shape index (κ1) is 20.9. The molecule has 0 atom stereocenters. The summed E-state index contributed by atoms with van der Waals surface area (Å²) < 4.78 is 6.70. The quantitative estimate of drug-likeness (QED) is 0.567. The van der Waals surface area contributed by atoms with E-state index in [0.29, 0.717) is 19.7 Å². The standard InChI is InChI=1S/C13H17N3O2.C7H8N2O/c1-3-16-11-8-12(14-6-7-18-2)15-9-10(11)4-5-13(16)17;8-7(10)9-6-4-2-1-3-5-6/h4-5,8-9H,3,6-7H2,1-2H3,(H,14,15);1-5H,(H3,8,9,10). The molecule has 3 rings (SSSR count). The first-order chi connectivity index (χ1) is 13.5. The molecule has 2 heterocycles. The topological polar surface area (TPSA) is 111 Å². The molecule has 0 saturated carbocycles. The number of rotatable bonds is 6. The summed E-state index contributed by atoms with van der Waals surface area (Å²) in [7, 11) is 1.66. The molecular weight excluding hydrogens is 358 g/mol. The van der Waals surface area contributed by atoms with Crippen LogP contribution in [0.25, 0.3) is 10.9 Å². The molecule has 1 aromatic carbocycles. The predicted octanol–water partition coefficient (Wildman–Crippen LogP) is 2.65. The fourth-order valence-corrected chi connectivity index (χ4v) is 2.56. The number of methoxy groups -OCH3 is 1. The van der Waals surface area contributed by atoms with Gasteiger partial charge in [0.25, 0.3) is 5.56 Å². The molecule has 28 heavy (non-hydrogen) atoms. The van der Waals surface area contributed by atoms with Crippen molar-refractivity contribution in [1.29, 1.82) is 0 Å². The van der Waals surface area contributed by atoms with Gasteiger partial charge in [-0.15, -0.1) is 0 Å². The molecule has 0 fully saturated rings. The number of nitrogens with one attached hydrogen (secondary N) is 2. The third-order valence-electron chi connectivity index (χ3n) is 3.84. The smallest absolute Gasteiger partial charge is 0.316 e. The number of benzene rings is 1. The minimum absolute atomic E-state index is 0.0130. The number of ether oxygens (including phenoxy) is 1. The molecule has 0 spiro atoms. The summed E-state index contributed by atoms with van der Waals surface area (Å²) in [5.41, 5.74) is 6.51. The number of anilines is 2. The number of fused-ring (bicyclic) bond motifs is 1. The van der Waals surface area contributed by atoms with Crippen molar-refractivity contribution in [2.75, 3.05) is 30.9 Å². The Kier molecular flexibility index (Phi) is 7.98. The van der Waals surface area contributed by atoms with Gasteiger partial charge < -0.3 is 25.7 Å². The van der Waals surface area contributed by atoms with E-state index in [1.165, 1.54) is 0 Å². The first-order valence-corrected chi connectivity index (χ1v) is 8.89. The largest absolute Gasteiger partial charge is 0.383 e. The molecule has 0 radical (unpaired) electrons. The van der Waals surface area contributed by atoms with Gasteiger partial charge in [-0.1, -0.05) is 18.2 Å². The summed E-state index contributed by atoms with van der Waals surface area (Å²) >= 11 is 0. The highest BCUT2D eigenvalue weighted by Gasteiger charge is 2.03. The maximum atomic E-state index is 11.7. The van der Waals surface area contributed by atoms with Crippen LogP contribution in [0.2, 0.25) is 0 Å². The van der Waals surface area contributed by atoms with Gasteiger partial charge in [-0.25, -0.2) is 9.78 Å². The Bertz CT molecular complexity index is 957. The van der Waals surface area contributed by atoms with Crippen LogP contribution in [0.5, 0.6) is 0 Å². The summed E-state index contributed by atoms with van der Waals surface area (Å²) in [5.74, 6) is 0.757. The second-order valence-electron chi connectivity index (χ2n) is 5.82. The zero-order valence-corrected chi connectivity index (χ0v) is 16.0. The number of primary amides is 1. The molecule has 0 unspecified atom stereocenters. The Morgan fingerprint density at radius 3 is 2.61 bits per heavy atom. The summed E-state index contributed by atoms with van der Waals surface area (Å²) in [6.07, 6.45) is 1.77.